The molecule has 0 fully saturated rings. The fourth-order valence-electron chi connectivity index (χ4n) is 3.94. The Kier molecular flexibility index (Phi) is 7.19. The zero-order valence-electron chi connectivity index (χ0n) is 18.5. The van der Waals surface area contributed by atoms with Crippen LogP contribution in [0.4, 0.5) is 10.7 Å². The number of carbonyl (C=O) groups excluding carboxylic acids is 3. The van der Waals surface area contributed by atoms with Gasteiger partial charge in [-0.1, -0.05) is 30.3 Å². The summed E-state index contributed by atoms with van der Waals surface area (Å²) in [6.07, 6.45) is 4.14. The number of esters is 1. The van der Waals surface area contributed by atoms with E-state index in [1.54, 1.807) is 31.2 Å². The predicted octanol–water partition coefficient (Wildman–Crippen LogP) is 5.24. The molecule has 0 atom stereocenters. The van der Waals surface area contributed by atoms with Gasteiger partial charge in [0.2, 0.25) is 5.91 Å². The molecule has 0 saturated carbocycles. The first kappa shape index (κ1) is 22.7. The summed E-state index contributed by atoms with van der Waals surface area (Å²) < 4.78 is 5.25. The molecular formula is C26H26N2O4S. The van der Waals surface area contributed by atoms with Crippen LogP contribution in [0.3, 0.4) is 0 Å². The number of carbonyl (C=O) groups is 3. The highest BCUT2D eigenvalue weighted by Crippen LogP contribution is 2.38. The first-order valence-electron chi connectivity index (χ1n) is 11.1. The van der Waals surface area contributed by atoms with E-state index in [1.165, 1.54) is 11.3 Å². The van der Waals surface area contributed by atoms with Gasteiger partial charge in [0.05, 0.1) is 18.6 Å². The first-order chi connectivity index (χ1) is 16.0. The van der Waals surface area contributed by atoms with Crippen molar-refractivity contribution < 1.29 is 19.1 Å². The van der Waals surface area contributed by atoms with E-state index < -0.39 is 0 Å². The molecule has 4 rings (SSSR count). The predicted molar refractivity (Wildman–Crippen MR) is 130 cm³/mol. The fraction of sp³-hybridized carbons (Fsp3) is 0.269. The van der Waals surface area contributed by atoms with Gasteiger partial charge in [-0.2, -0.15) is 0 Å². The van der Waals surface area contributed by atoms with Crippen LogP contribution in [0.5, 0.6) is 0 Å². The molecule has 0 saturated heterocycles. The third kappa shape index (κ3) is 5.49. The fourth-order valence-corrected chi connectivity index (χ4v) is 5.21. The molecule has 2 N–H and O–H groups in total. The third-order valence-electron chi connectivity index (χ3n) is 5.52. The van der Waals surface area contributed by atoms with Crippen molar-refractivity contribution in [3.05, 3.63) is 81.7 Å². The lowest BCUT2D eigenvalue weighted by Gasteiger charge is -2.12. The van der Waals surface area contributed by atoms with E-state index in [0.29, 0.717) is 21.8 Å². The zero-order chi connectivity index (χ0) is 23.2. The van der Waals surface area contributed by atoms with Gasteiger partial charge in [-0.25, -0.2) is 4.79 Å². The number of fused-ring (bicyclic) bond motifs is 1. The van der Waals surface area contributed by atoms with Crippen molar-refractivity contribution in [2.45, 2.75) is 39.0 Å². The van der Waals surface area contributed by atoms with Crippen LogP contribution in [-0.4, -0.2) is 24.4 Å². The quantitative estimate of drug-likeness (QED) is 0.471. The van der Waals surface area contributed by atoms with E-state index in [4.69, 9.17) is 4.74 Å². The zero-order valence-corrected chi connectivity index (χ0v) is 19.3. The Labute approximate surface area is 197 Å². The molecule has 1 aliphatic rings. The minimum Gasteiger partial charge on any atom is -0.462 e. The molecule has 7 heteroatoms. The van der Waals surface area contributed by atoms with Gasteiger partial charge < -0.3 is 15.4 Å². The van der Waals surface area contributed by atoms with E-state index in [-0.39, 0.29) is 30.8 Å². The van der Waals surface area contributed by atoms with E-state index in [9.17, 15) is 14.4 Å². The topological polar surface area (TPSA) is 84.5 Å². The second-order valence-electron chi connectivity index (χ2n) is 7.88. The largest absolute Gasteiger partial charge is 0.462 e. The summed E-state index contributed by atoms with van der Waals surface area (Å²) in [7, 11) is 0. The molecule has 1 aliphatic carbocycles. The number of nitrogens with one attached hydrogen (secondary N) is 2. The van der Waals surface area contributed by atoms with Crippen molar-refractivity contribution in [3.8, 4) is 0 Å². The molecular weight excluding hydrogens is 436 g/mol. The van der Waals surface area contributed by atoms with Crippen LogP contribution in [0, 0.1) is 0 Å². The van der Waals surface area contributed by atoms with Gasteiger partial charge in [0, 0.05) is 16.1 Å². The van der Waals surface area contributed by atoms with Gasteiger partial charge in [0.25, 0.3) is 5.91 Å². The Hall–Kier alpha value is -3.45. The van der Waals surface area contributed by atoms with Gasteiger partial charge in [0.15, 0.2) is 0 Å². The van der Waals surface area contributed by atoms with Crippen LogP contribution < -0.4 is 10.6 Å². The van der Waals surface area contributed by atoms with Crippen LogP contribution in [0.2, 0.25) is 0 Å². The summed E-state index contributed by atoms with van der Waals surface area (Å²) in [6, 6.07) is 16.2. The number of hydrogen-bond donors (Lipinski definition) is 2. The van der Waals surface area contributed by atoms with Crippen LogP contribution >= 0.6 is 11.3 Å². The number of thiophene rings is 1. The first-order valence-corrected chi connectivity index (χ1v) is 11.9. The number of hydrogen-bond acceptors (Lipinski definition) is 5. The van der Waals surface area contributed by atoms with Gasteiger partial charge in [-0.3, -0.25) is 9.59 Å². The number of rotatable bonds is 7. The van der Waals surface area contributed by atoms with E-state index in [1.807, 2.05) is 30.3 Å². The van der Waals surface area contributed by atoms with Crippen LogP contribution in [0.25, 0.3) is 0 Å². The maximum Gasteiger partial charge on any atom is 0.341 e. The summed E-state index contributed by atoms with van der Waals surface area (Å²) in [5.74, 6) is -0.813. The molecule has 1 heterocycles. The van der Waals surface area contributed by atoms with Crippen molar-refractivity contribution in [3.63, 3.8) is 0 Å². The van der Waals surface area contributed by atoms with E-state index >= 15 is 0 Å². The van der Waals surface area contributed by atoms with Crippen LogP contribution in [0.1, 0.15) is 56.5 Å². The molecule has 0 bridgehead atoms. The maximum atomic E-state index is 12.9. The van der Waals surface area contributed by atoms with E-state index in [0.717, 1.165) is 41.7 Å². The second kappa shape index (κ2) is 10.4. The lowest BCUT2D eigenvalue weighted by atomic mass is 9.95. The average Bonchev–Trinajstić information content (AvgIpc) is 3.18. The SMILES string of the molecule is CCOC(=O)c1c(NC(=O)c2ccc(NC(=O)Cc3ccccc3)cc2)sc2c1CCCC2. The Bertz CT molecular complexity index is 1150. The van der Waals surface area contributed by atoms with Gasteiger partial charge >= 0.3 is 5.97 Å². The number of aryl methyl sites for hydroxylation is 1. The van der Waals surface area contributed by atoms with Gasteiger partial charge in [-0.15, -0.1) is 11.3 Å². The van der Waals surface area contributed by atoms with Gasteiger partial charge in [0.1, 0.15) is 5.00 Å². The number of anilines is 2. The summed E-state index contributed by atoms with van der Waals surface area (Å²) in [4.78, 5) is 38.9. The summed E-state index contributed by atoms with van der Waals surface area (Å²) in [6.45, 7) is 2.06. The van der Waals surface area contributed by atoms with Crippen molar-refractivity contribution in [2.24, 2.45) is 0 Å². The number of ether oxygens (including phenoxy) is 1. The molecule has 0 spiro atoms. The molecule has 6 nitrogen and oxygen atoms in total. The lowest BCUT2D eigenvalue weighted by Crippen LogP contribution is -2.16. The molecule has 0 radical (unpaired) electrons. The molecule has 2 aromatic carbocycles. The van der Waals surface area contributed by atoms with Crippen molar-refractivity contribution in [1.82, 2.24) is 0 Å². The Morgan fingerprint density at radius 1 is 0.939 bits per heavy atom. The molecule has 0 aliphatic heterocycles. The number of benzene rings is 2. The summed E-state index contributed by atoms with van der Waals surface area (Å²) in [5.41, 5.74) is 3.50. The monoisotopic (exact) mass is 462 g/mol. The summed E-state index contributed by atoms with van der Waals surface area (Å²) >= 11 is 1.46. The Morgan fingerprint density at radius 3 is 2.39 bits per heavy atom. The maximum absolute atomic E-state index is 12.9. The van der Waals surface area contributed by atoms with Crippen LogP contribution in [-0.2, 0) is 28.8 Å². The normalized spacial score (nSPS) is 12.5. The molecule has 170 valence electrons. The Morgan fingerprint density at radius 2 is 1.67 bits per heavy atom. The lowest BCUT2D eigenvalue weighted by molar-refractivity contribution is -0.115. The van der Waals surface area contributed by atoms with Crippen molar-refractivity contribution >= 4 is 39.8 Å². The minimum absolute atomic E-state index is 0.123. The van der Waals surface area contributed by atoms with Crippen molar-refractivity contribution in [2.75, 3.05) is 17.2 Å². The number of amides is 2. The van der Waals surface area contributed by atoms with Crippen molar-refractivity contribution in [1.29, 1.82) is 0 Å². The highest BCUT2D eigenvalue weighted by atomic mass is 32.1. The molecule has 1 aromatic heterocycles. The Balaban J connectivity index is 1.44. The second-order valence-corrected chi connectivity index (χ2v) is 8.98. The highest BCUT2D eigenvalue weighted by molar-refractivity contribution is 7.17. The average molecular weight is 463 g/mol. The van der Waals surface area contributed by atoms with Crippen LogP contribution in [0.15, 0.2) is 54.6 Å². The highest BCUT2D eigenvalue weighted by Gasteiger charge is 2.27. The molecule has 33 heavy (non-hydrogen) atoms. The standard InChI is InChI=1S/C26H26N2O4S/c1-2-32-26(31)23-20-10-6-7-11-21(20)33-25(23)28-24(30)18-12-14-19(15-13-18)27-22(29)16-17-8-4-3-5-9-17/h3-5,8-9,12-15H,2,6-7,10-11,16H2,1H3,(H,27,29)(H,28,30). The third-order valence-corrected chi connectivity index (χ3v) is 6.72. The summed E-state index contributed by atoms with van der Waals surface area (Å²) in [5, 5.41) is 6.30. The minimum atomic E-state index is -0.385. The molecule has 3 aromatic rings. The molecule has 2 amide bonds. The molecule has 0 unspecified atom stereocenters. The smallest absolute Gasteiger partial charge is 0.341 e. The van der Waals surface area contributed by atoms with Gasteiger partial charge in [-0.05, 0) is 68.0 Å². The van der Waals surface area contributed by atoms with E-state index in [2.05, 4.69) is 10.6 Å².